The number of carbonyl (C=O) groups is 2. The van der Waals surface area contributed by atoms with Crippen LogP contribution < -0.4 is 10.6 Å². The number of amides is 1. The van der Waals surface area contributed by atoms with E-state index in [-0.39, 0.29) is 11.9 Å². The molecule has 0 aromatic carbocycles. The molecule has 1 unspecified atom stereocenters. The van der Waals surface area contributed by atoms with E-state index in [4.69, 9.17) is 9.84 Å². The zero-order valence-electron chi connectivity index (χ0n) is 13.1. The highest BCUT2D eigenvalue weighted by Gasteiger charge is 2.21. The smallest absolute Gasteiger partial charge is 0.327 e. The summed E-state index contributed by atoms with van der Waals surface area (Å²) in [4.78, 5) is 22.0. The number of hydrogen-bond acceptors (Lipinski definition) is 5. The molecule has 1 aliphatic heterocycles. The number of likely N-dealkylation sites (N-methyl/N-ethyl adjacent to an activating group) is 1. The van der Waals surface area contributed by atoms with Gasteiger partial charge in [0.1, 0.15) is 6.04 Å². The van der Waals surface area contributed by atoms with Crippen molar-refractivity contribution in [1.82, 2.24) is 10.6 Å². The van der Waals surface area contributed by atoms with Gasteiger partial charge in [0.25, 0.3) is 0 Å². The Kier molecular flexibility index (Phi) is 15.7. The molecule has 6 nitrogen and oxygen atoms in total. The van der Waals surface area contributed by atoms with Crippen LogP contribution in [0.25, 0.3) is 0 Å². The molecule has 1 amide bonds. The molecule has 0 aliphatic carbocycles. The predicted octanol–water partition coefficient (Wildman–Crippen LogP) is 0.960. The Labute approximate surface area is 126 Å². The third-order valence-corrected chi connectivity index (χ3v) is 3.02. The van der Waals surface area contributed by atoms with Gasteiger partial charge < -0.3 is 20.5 Å². The van der Waals surface area contributed by atoms with Gasteiger partial charge in [-0.1, -0.05) is 13.8 Å². The first-order valence-electron chi connectivity index (χ1n) is 6.80. The average Bonchev–Trinajstić information content (AvgIpc) is 2.37. The quantitative estimate of drug-likeness (QED) is 0.677. The molecule has 7 heteroatoms. The minimum absolute atomic E-state index is 0.297. The van der Waals surface area contributed by atoms with Crippen molar-refractivity contribution in [3.8, 4) is 0 Å². The van der Waals surface area contributed by atoms with Crippen LogP contribution >= 0.6 is 11.8 Å². The predicted molar refractivity (Wildman–Crippen MR) is 83.3 cm³/mol. The van der Waals surface area contributed by atoms with Gasteiger partial charge in [-0.3, -0.25) is 4.79 Å². The Hall–Kier alpha value is -0.790. The van der Waals surface area contributed by atoms with Crippen molar-refractivity contribution in [2.75, 3.05) is 32.3 Å². The first-order chi connectivity index (χ1) is 9.52. The molecular formula is C13H28N2O4S. The van der Waals surface area contributed by atoms with Gasteiger partial charge in [-0.25, -0.2) is 4.79 Å². The van der Waals surface area contributed by atoms with Crippen LogP contribution in [0.15, 0.2) is 0 Å². The molecule has 1 heterocycles. The third-order valence-electron chi connectivity index (χ3n) is 2.35. The van der Waals surface area contributed by atoms with Gasteiger partial charge in [-0.2, -0.15) is 11.8 Å². The van der Waals surface area contributed by atoms with Gasteiger partial charge >= 0.3 is 5.97 Å². The molecular weight excluding hydrogens is 280 g/mol. The highest BCUT2D eigenvalue weighted by Crippen LogP contribution is 1.98. The number of thioether (sulfide) groups is 1. The normalized spacial score (nSPS) is 15.2. The van der Waals surface area contributed by atoms with Crippen LogP contribution in [-0.2, 0) is 14.3 Å². The van der Waals surface area contributed by atoms with E-state index in [9.17, 15) is 9.59 Å². The fourth-order valence-corrected chi connectivity index (χ4v) is 1.47. The zero-order valence-corrected chi connectivity index (χ0v) is 13.9. The Morgan fingerprint density at radius 1 is 1.35 bits per heavy atom. The van der Waals surface area contributed by atoms with Gasteiger partial charge in [-0.05, 0) is 26.6 Å². The largest absolute Gasteiger partial charge is 0.480 e. The van der Waals surface area contributed by atoms with E-state index < -0.39 is 12.0 Å². The van der Waals surface area contributed by atoms with E-state index in [1.54, 1.807) is 20.2 Å². The second-order valence-electron chi connectivity index (χ2n) is 3.83. The lowest BCUT2D eigenvalue weighted by Gasteiger charge is -2.16. The third kappa shape index (κ3) is 11.1. The summed E-state index contributed by atoms with van der Waals surface area (Å²) in [7, 11) is 1.65. The van der Waals surface area contributed by atoms with Gasteiger partial charge in [0.2, 0.25) is 5.91 Å². The highest BCUT2D eigenvalue weighted by molar-refractivity contribution is 7.98. The molecule has 0 saturated carbocycles. The number of nitrogens with one attached hydrogen (secondary N) is 2. The second-order valence-corrected chi connectivity index (χ2v) is 4.74. The van der Waals surface area contributed by atoms with Gasteiger partial charge in [0.05, 0.1) is 6.04 Å². The van der Waals surface area contributed by atoms with Crippen molar-refractivity contribution in [3.05, 3.63) is 0 Å². The maximum absolute atomic E-state index is 11.3. The van der Waals surface area contributed by atoms with Crippen molar-refractivity contribution >= 4 is 23.6 Å². The summed E-state index contributed by atoms with van der Waals surface area (Å²) in [6, 6.07) is -1.19. The Bertz CT molecular complexity index is 257. The molecule has 0 bridgehead atoms. The number of hydrogen-bond donors (Lipinski definition) is 3. The molecule has 2 atom stereocenters. The van der Waals surface area contributed by atoms with Crippen LogP contribution in [0.3, 0.4) is 0 Å². The number of aliphatic carboxylic acids is 1. The number of carbonyl (C=O) groups excluding carboxylic acids is 1. The van der Waals surface area contributed by atoms with E-state index in [1.807, 2.05) is 13.8 Å². The van der Waals surface area contributed by atoms with Crippen molar-refractivity contribution in [1.29, 1.82) is 0 Å². The summed E-state index contributed by atoms with van der Waals surface area (Å²) in [5, 5.41) is 13.9. The van der Waals surface area contributed by atoms with E-state index in [0.717, 1.165) is 13.2 Å². The van der Waals surface area contributed by atoms with Gasteiger partial charge in [-0.15, -0.1) is 0 Å². The van der Waals surface area contributed by atoms with Crippen LogP contribution in [0.2, 0.25) is 0 Å². The topological polar surface area (TPSA) is 87.7 Å². The summed E-state index contributed by atoms with van der Waals surface area (Å²) in [6.45, 7) is 7.67. The Balaban J connectivity index is 0. The van der Waals surface area contributed by atoms with Crippen molar-refractivity contribution in [2.45, 2.75) is 39.3 Å². The second kappa shape index (κ2) is 14.6. The molecule has 0 radical (unpaired) electrons. The van der Waals surface area contributed by atoms with Crippen LogP contribution in [0.4, 0.5) is 0 Å². The summed E-state index contributed by atoms with van der Waals surface area (Å²) >= 11 is 1.38. The molecule has 0 spiro atoms. The Morgan fingerprint density at radius 2 is 1.80 bits per heavy atom. The van der Waals surface area contributed by atoms with E-state index in [0.29, 0.717) is 5.75 Å². The molecule has 20 heavy (non-hydrogen) atoms. The van der Waals surface area contributed by atoms with E-state index >= 15 is 0 Å². The maximum Gasteiger partial charge on any atom is 0.327 e. The maximum atomic E-state index is 11.3. The number of ether oxygens (including phenoxy) is 1. The van der Waals surface area contributed by atoms with Gasteiger partial charge in [0.15, 0.2) is 0 Å². The van der Waals surface area contributed by atoms with Crippen molar-refractivity contribution in [2.24, 2.45) is 0 Å². The minimum Gasteiger partial charge on any atom is -0.480 e. The lowest BCUT2D eigenvalue weighted by atomic mass is 10.2. The van der Waals surface area contributed by atoms with Crippen molar-refractivity contribution in [3.63, 3.8) is 0 Å². The van der Waals surface area contributed by atoms with Crippen LogP contribution in [0, 0.1) is 0 Å². The van der Waals surface area contributed by atoms with Crippen LogP contribution in [0.1, 0.15) is 27.2 Å². The summed E-state index contributed by atoms with van der Waals surface area (Å²) in [5.74, 6) is -0.928. The monoisotopic (exact) mass is 308 g/mol. The average molecular weight is 308 g/mol. The SMILES string of the molecule is C1COC1.CC.CNC(C)C(=O)N[C@H](CSC)C(=O)O. The highest BCUT2D eigenvalue weighted by atomic mass is 32.2. The standard InChI is InChI=1S/C8H16N2O3S.C3H6O.C2H6/c1-5(9-2)7(11)10-6(4-14-3)8(12)13;1-2-4-3-1;1-2/h5-6,9H,4H2,1-3H3,(H,10,11)(H,12,13);1-3H2;1-2H3/t5?,6-;;/m1../s1. The first-order valence-corrected chi connectivity index (χ1v) is 8.19. The zero-order chi connectivity index (χ0) is 16.0. The van der Waals surface area contributed by atoms with Crippen LogP contribution in [-0.4, -0.2) is 61.3 Å². The Morgan fingerprint density at radius 3 is 2.05 bits per heavy atom. The minimum atomic E-state index is -1.00. The fraction of sp³-hybridized carbons (Fsp3) is 0.846. The summed E-state index contributed by atoms with van der Waals surface area (Å²) in [6.07, 6.45) is 3.07. The fourth-order valence-electron chi connectivity index (χ4n) is 0.914. The number of carboxylic acid groups (broad SMARTS) is 1. The molecule has 1 fully saturated rings. The van der Waals surface area contributed by atoms with E-state index in [1.165, 1.54) is 18.2 Å². The molecule has 3 N–H and O–H groups in total. The summed E-state index contributed by atoms with van der Waals surface area (Å²) in [5.41, 5.74) is 0. The molecule has 1 aliphatic rings. The van der Waals surface area contributed by atoms with Gasteiger partial charge in [0, 0.05) is 19.0 Å². The first kappa shape index (κ1) is 21.5. The molecule has 120 valence electrons. The molecule has 1 saturated heterocycles. The molecule has 0 aromatic rings. The summed E-state index contributed by atoms with van der Waals surface area (Å²) < 4.78 is 4.72. The van der Waals surface area contributed by atoms with Crippen molar-refractivity contribution < 1.29 is 19.4 Å². The lowest BCUT2D eigenvalue weighted by molar-refractivity contribution is -0.141. The molecule has 0 aromatic heterocycles. The number of rotatable bonds is 6. The lowest BCUT2D eigenvalue weighted by Crippen LogP contribution is -2.49. The number of carboxylic acids is 1. The van der Waals surface area contributed by atoms with Crippen LogP contribution in [0.5, 0.6) is 0 Å². The van der Waals surface area contributed by atoms with E-state index in [2.05, 4.69) is 10.6 Å². The molecule has 1 rings (SSSR count).